The first-order valence-electron chi connectivity index (χ1n) is 8.10. The summed E-state index contributed by atoms with van der Waals surface area (Å²) in [4.78, 5) is 28.5. The smallest absolute Gasteiger partial charge is 0.254 e. The van der Waals surface area contributed by atoms with Crippen molar-refractivity contribution < 1.29 is 9.59 Å². The van der Waals surface area contributed by atoms with Crippen molar-refractivity contribution in [3.8, 4) is 0 Å². The highest BCUT2D eigenvalue weighted by Crippen LogP contribution is 2.18. The summed E-state index contributed by atoms with van der Waals surface area (Å²) in [5.41, 5.74) is 1.40. The molecule has 0 aromatic heterocycles. The molecule has 3 rings (SSSR count). The quantitative estimate of drug-likeness (QED) is 0.821. The van der Waals surface area contributed by atoms with Crippen molar-refractivity contribution >= 4 is 35.0 Å². The molecule has 1 aliphatic heterocycles. The van der Waals surface area contributed by atoms with Gasteiger partial charge >= 0.3 is 0 Å². The molecular weight excluding hydrogens is 359 g/mol. The fraction of sp³-hybridized carbons (Fsp3) is 0.263. The number of carbonyl (C=O) groups excluding carboxylic acids is 2. The second kappa shape index (κ2) is 7.89. The molecule has 0 aliphatic carbocycles. The van der Waals surface area contributed by atoms with Crippen LogP contribution in [0.15, 0.2) is 48.5 Å². The number of amides is 2. The first kappa shape index (κ1) is 17.8. The number of piperazine rings is 1. The van der Waals surface area contributed by atoms with E-state index in [4.69, 9.17) is 23.2 Å². The van der Waals surface area contributed by atoms with E-state index in [0.29, 0.717) is 41.8 Å². The van der Waals surface area contributed by atoms with Gasteiger partial charge in [0.1, 0.15) is 0 Å². The molecule has 4 nitrogen and oxygen atoms in total. The molecule has 0 radical (unpaired) electrons. The van der Waals surface area contributed by atoms with Crippen molar-refractivity contribution in [2.75, 3.05) is 26.2 Å². The van der Waals surface area contributed by atoms with Crippen LogP contribution in [-0.4, -0.2) is 47.8 Å². The molecule has 0 saturated carbocycles. The molecule has 0 unspecified atom stereocenters. The highest BCUT2D eigenvalue weighted by atomic mass is 35.5. The molecule has 0 bridgehead atoms. The van der Waals surface area contributed by atoms with Crippen LogP contribution in [0.1, 0.15) is 15.9 Å². The third-order valence-corrected chi connectivity index (χ3v) is 4.89. The van der Waals surface area contributed by atoms with Crippen LogP contribution in [0.5, 0.6) is 0 Å². The van der Waals surface area contributed by atoms with Crippen molar-refractivity contribution in [3.05, 3.63) is 69.7 Å². The molecule has 2 amide bonds. The van der Waals surface area contributed by atoms with Gasteiger partial charge in [-0.2, -0.15) is 0 Å². The number of benzene rings is 2. The van der Waals surface area contributed by atoms with Gasteiger partial charge in [0.2, 0.25) is 5.91 Å². The van der Waals surface area contributed by atoms with Crippen LogP contribution in [0.25, 0.3) is 0 Å². The molecule has 2 aromatic rings. The number of halogens is 2. The van der Waals surface area contributed by atoms with E-state index in [1.165, 1.54) is 0 Å². The third kappa shape index (κ3) is 4.33. The zero-order chi connectivity index (χ0) is 17.8. The summed E-state index contributed by atoms with van der Waals surface area (Å²) >= 11 is 12.1. The van der Waals surface area contributed by atoms with Crippen LogP contribution in [-0.2, 0) is 11.2 Å². The Kier molecular flexibility index (Phi) is 5.61. The average molecular weight is 377 g/mol. The van der Waals surface area contributed by atoms with Gasteiger partial charge in [-0.1, -0.05) is 47.5 Å². The average Bonchev–Trinajstić information content (AvgIpc) is 2.63. The van der Waals surface area contributed by atoms with Gasteiger partial charge in [-0.05, 0) is 29.8 Å². The van der Waals surface area contributed by atoms with Crippen LogP contribution in [0.4, 0.5) is 0 Å². The lowest BCUT2D eigenvalue weighted by molar-refractivity contribution is -0.131. The Bertz CT molecular complexity index is 786. The first-order chi connectivity index (χ1) is 12.0. The summed E-state index contributed by atoms with van der Waals surface area (Å²) in [6, 6.07) is 14.3. The first-order valence-corrected chi connectivity index (χ1v) is 8.86. The van der Waals surface area contributed by atoms with Crippen LogP contribution in [0.2, 0.25) is 10.0 Å². The maximum atomic E-state index is 12.5. The van der Waals surface area contributed by atoms with E-state index >= 15 is 0 Å². The van der Waals surface area contributed by atoms with Crippen LogP contribution < -0.4 is 0 Å². The fourth-order valence-electron chi connectivity index (χ4n) is 2.88. The van der Waals surface area contributed by atoms with Crippen molar-refractivity contribution in [1.82, 2.24) is 9.80 Å². The van der Waals surface area contributed by atoms with E-state index in [0.717, 1.165) is 5.56 Å². The Balaban J connectivity index is 1.57. The molecule has 25 heavy (non-hydrogen) atoms. The maximum absolute atomic E-state index is 12.5. The minimum Gasteiger partial charge on any atom is -0.339 e. The summed E-state index contributed by atoms with van der Waals surface area (Å²) in [5.74, 6) is -0.0244. The minimum absolute atomic E-state index is 0.0305. The zero-order valence-electron chi connectivity index (χ0n) is 13.6. The van der Waals surface area contributed by atoms with E-state index in [-0.39, 0.29) is 18.2 Å². The van der Waals surface area contributed by atoms with Gasteiger partial charge in [0, 0.05) is 41.8 Å². The molecule has 0 atom stereocenters. The maximum Gasteiger partial charge on any atom is 0.254 e. The molecule has 1 saturated heterocycles. The summed E-state index contributed by atoms with van der Waals surface area (Å²) in [6.45, 7) is 2.07. The summed E-state index contributed by atoms with van der Waals surface area (Å²) in [5, 5.41) is 1.14. The highest BCUT2D eigenvalue weighted by molar-refractivity contribution is 6.31. The minimum atomic E-state index is -0.0549. The van der Waals surface area contributed by atoms with Gasteiger partial charge in [-0.15, -0.1) is 0 Å². The number of hydrogen-bond donors (Lipinski definition) is 0. The topological polar surface area (TPSA) is 40.6 Å². The lowest BCUT2D eigenvalue weighted by Gasteiger charge is -2.35. The Hall–Kier alpha value is -2.04. The SMILES string of the molecule is O=C(Cc1ccccc1Cl)N1CCN(C(=O)c2cccc(Cl)c2)CC1. The van der Waals surface area contributed by atoms with Gasteiger partial charge in [0.25, 0.3) is 5.91 Å². The molecule has 2 aromatic carbocycles. The standard InChI is InChI=1S/C19H18Cl2N2O2/c20-16-6-3-5-15(12-16)19(25)23-10-8-22(9-11-23)18(24)13-14-4-1-2-7-17(14)21/h1-7,12H,8-11,13H2. The lowest BCUT2D eigenvalue weighted by atomic mass is 10.1. The van der Waals surface area contributed by atoms with E-state index in [9.17, 15) is 9.59 Å². The number of rotatable bonds is 3. The van der Waals surface area contributed by atoms with Crippen molar-refractivity contribution in [2.45, 2.75) is 6.42 Å². The van der Waals surface area contributed by atoms with Gasteiger partial charge in [0.05, 0.1) is 6.42 Å². The molecule has 130 valence electrons. The molecule has 6 heteroatoms. The number of carbonyl (C=O) groups is 2. The predicted octanol–water partition coefficient (Wildman–Crippen LogP) is 3.52. The summed E-state index contributed by atoms with van der Waals surface area (Å²) in [6.07, 6.45) is 0.280. The summed E-state index contributed by atoms with van der Waals surface area (Å²) < 4.78 is 0. The van der Waals surface area contributed by atoms with Crippen LogP contribution in [0.3, 0.4) is 0 Å². The van der Waals surface area contributed by atoms with Crippen molar-refractivity contribution in [3.63, 3.8) is 0 Å². The van der Waals surface area contributed by atoms with Crippen LogP contribution in [0, 0.1) is 0 Å². The van der Waals surface area contributed by atoms with Crippen LogP contribution >= 0.6 is 23.2 Å². The van der Waals surface area contributed by atoms with E-state index in [1.54, 1.807) is 40.1 Å². The second-order valence-electron chi connectivity index (χ2n) is 5.95. The summed E-state index contributed by atoms with van der Waals surface area (Å²) in [7, 11) is 0. The molecule has 1 aliphatic rings. The highest BCUT2D eigenvalue weighted by Gasteiger charge is 2.25. The number of hydrogen-bond acceptors (Lipinski definition) is 2. The van der Waals surface area contributed by atoms with E-state index in [1.807, 2.05) is 18.2 Å². The Morgan fingerprint density at radius 1 is 0.880 bits per heavy atom. The van der Waals surface area contributed by atoms with Crippen molar-refractivity contribution in [1.29, 1.82) is 0 Å². The normalized spacial score (nSPS) is 14.5. The molecule has 1 heterocycles. The Morgan fingerprint density at radius 3 is 2.24 bits per heavy atom. The Morgan fingerprint density at radius 2 is 1.56 bits per heavy atom. The molecule has 0 spiro atoms. The molecular formula is C19H18Cl2N2O2. The van der Waals surface area contributed by atoms with Gasteiger partial charge in [-0.25, -0.2) is 0 Å². The van der Waals surface area contributed by atoms with Crippen molar-refractivity contribution in [2.24, 2.45) is 0 Å². The van der Waals surface area contributed by atoms with Gasteiger partial charge < -0.3 is 9.80 Å². The van der Waals surface area contributed by atoms with E-state index in [2.05, 4.69) is 0 Å². The number of nitrogens with zero attached hydrogens (tertiary/aromatic N) is 2. The fourth-order valence-corrected chi connectivity index (χ4v) is 3.27. The molecule has 0 N–H and O–H groups in total. The zero-order valence-corrected chi connectivity index (χ0v) is 15.1. The molecule has 1 fully saturated rings. The van der Waals surface area contributed by atoms with Gasteiger partial charge in [-0.3, -0.25) is 9.59 Å². The monoisotopic (exact) mass is 376 g/mol. The Labute approximate surface area is 156 Å². The lowest BCUT2D eigenvalue weighted by Crippen LogP contribution is -2.51. The largest absolute Gasteiger partial charge is 0.339 e. The van der Waals surface area contributed by atoms with E-state index < -0.39 is 0 Å². The second-order valence-corrected chi connectivity index (χ2v) is 6.80. The predicted molar refractivity (Wildman–Crippen MR) is 99.1 cm³/mol. The van der Waals surface area contributed by atoms with Gasteiger partial charge in [0.15, 0.2) is 0 Å². The third-order valence-electron chi connectivity index (χ3n) is 4.29.